The summed E-state index contributed by atoms with van der Waals surface area (Å²) in [7, 11) is 0. The van der Waals surface area contributed by atoms with E-state index in [2.05, 4.69) is 0 Å². The van der Waals surface area contributed by atoms with Gasteiger partial charge in [0.15, 0.2) is 0 Å². The Balaban J connectivity index is 2.72. The number of hydrogen-bond acceptors (Lipinski definition) is 3. The lowest BCUT2D eigenvalue weighted by molar-refractivity contribution is 0.823. The molecule has 1 aromatic rings. The number of nitrogens with zero attached hydrogens (tertiary/aromatic N) is 2. The number of nitrogens with two attached hydrogens (primary N) is 1. The van der Waals surface area contributed by atoms with Crippen molar-refractivity contribution in [2.45, 2.75) is 12.5 Å². The van der Waals surface area contributed by atoms with E-state index in [0.29, 0.717) is 12.0 Å². The molecular weight excluding hydrogens is 162 g/mol. The zero-order valence-corrected chi connectivity index (χ0v) is 7.07. The van der Waals surface area contributed by atoms with Crippen LogP contribution < -0.4 is 5.73 Å². The van der Waals surface area contributed by atoms with Crippen LogP contribution in [0.1, 0.15) is 11.1 Å². The molecule has 0 heterocycles. The highest BCUT2D eigenvalue weighted by molar-refractivity contribution is 5.32. The molecule has 0 saturated carbocycles. The Morgan fingerprint density at radius 1 is 1.23 bits per heavy atom. The largest absolute Gasteiger partial charge is 0.316 e. The maximum absolute atomic E-state index is 8.53. The molecule has 1 rings (SSSR count). The predicted octanol–water partition coefficient (Wildman–Crippen LogP) is 0.952. The van der Waals surface area contributed by atoms with Crippen molar-refractivity contribution in [3.8, 4) is 12.1 Å². The Hall–Kier alpha value is -1.84. The maximum atomic E-state index is 8.53. The van der Waals surface area contributed by atoms with Crippen molar-refractivity contribution in [1.82, 2.24) is 0 Å². The molecule has 3 nitrogen and oxygen atoms in total. The van der Waals surface area contributed by atoms with Gasteiger partial charge >= 0.3 is 0 Å². The van der Waals surface area contributed by atoms with Crippen LogP contribution in [0.5, 0.6) is 0 Å². The molecule has 0 aromatic heterocycles. The van der Waals surface area contributed by atoms with Crippen LogP contribution in [0.25, 0.3) is 0 Å². The molecule has 1 aromatic carbocycles. The average molecular weight is 171 g/mol. The first-order valence-corrected chi connectivity index (χ1v) is 3.90. The highest BCUT2D eigenvalue weighted by atomic mass is 14.6. The minimum absolute atomic E-state index is 0.465. The molecule has 0 spiro atoms. The van der Waals surface area contributed by atoms with Crippen molar-refractivity contribution in [2.75, 3.05) is 0 Å². The maximum Gasteiger partial charge on any atom is 0.0991 e. The van der Waals surface area contributed by atoms with Gasteiger partial charge in [0.2, 0.25) is 0 Å². The summed E-state index contributed by atoms with van der Waals surface area (Å²) in [6.07, 6.45) is 0.530. The van der Waals surface area contributed by atoms with Gasteiger partial charge < -0.3 is 5.73 Å². The molecule has 3 heteroatoms. The first-order valence-electron chi connectivity index (χ1n) is 3.90. The summed E-state index contributed by atoms with van der Waals surface area (Å²) < 4.78 is 0. The molecule has 0 bridgehead atoms. The monoisotopic (exact) mass is 171 g/mol. The SMILES string of the molecule is N#Cc1ccc(CC(N)C#N)cc1. The second-order valence-corrected chi connectivity index (χ2v) is 2.75. The lowest BCUT2D eigenvalue weighted by atomic mass is 10.1. The quantitative estimate of drug-likeness (QED) is 0.719. The van der Waals surface area contributed by atoms with Gasteiger partial charge in [-0.25, -0.2) is 0 Å². The van der Waals surface area contributed by atoms with Crippen molar-refractivity contribution in [3.63, 3.8) is 0 Å². The Bertz CT molecular complexity index is 353. The van der Waals surface area contributed by atoms with Gasteiger partial charge in [-0.1, -0.05) is 12.1 Å². The van der Waals surface area contributed by atoms with Crippen LogP contribution in [-0.2, 0) is 6.42 Å². The lowest BCUT2D eigenvalue weighted by Crippen LogP contribution is -2.19. The molecule has 0 radical (unpaired) electrons. The summed E-state index contributed by atoms with van der Waals surface area (Å²) >= 11 is 0. The molecule has 0 amide bonds. The van der Waals surface area contributed by atoms with E-state index >= 15 is 0 Å². The second-order valence-electron chi connectivity index (χ2n) is 2.75. The molecule has 64 valence electrons. The number of rotatable bonds is 2. The second kappa shape index (κ2) is 4.25. The Kier molecular flexibility index (Phi) is 3.03. The standard InChI is InChI=1S/C10H9N3/c11-6-9-3-1-8(2-4-9)5-10(13)7-12/h1-4,10H,5,13H2. The molecule has 0 aliphatic rings. The molecule has 0 aliphatic carbocycles. The van der Waals surface area contributed by atoms with Crippen molar-refractivity contribution in [1.29, 1.82) is 10.5 Å². The predicted molar refractivity (Wildman–Crippen MR) is 48.4 cm³/mol. The molecule has 0 aliphatic heterocycles. The molecule has 1 atom stereocenters. The molecule has 0 fully saturated rings. The summed E-state index contributed by atoms with van der Waals surface area (Å²) in [6.45, 7) is 0. The van der Waals surface area contributed by atoms with E-state index in [1.54, 1.807) is 12.1 Å². The highest BCUT2D eigenvalue weighted by Gasteiger charge is 2.01. The van der Waals surface area contributed by atoms with E-state index in [-0.39, 0.29) is 0 Å². The zero-order valence-electron chi connectivity index (χ0n) is 7.07. The first kappa shape index (κ1) is 9.25. The summed E-state index contributed by atoms with van der Waals surface area (Å²) in [6, 6.07) is 10.6. The van der Waals surface area contributed by atoms with Gasteiger partial charge in [0.25, 0.3) is 0 Å². The number of benzene rings is 1. The van der Waals surface area contributed by atoms with Crippen LogP contribution in [0, 0.1) is 22.7 Å². The van der Waals surface area contributed by atoms with Crippen molar-refractivity contribution >= 4 is 0 Å². The van der Waals surface area contributed by atoms with E-state index < -0.39 is 6.04 Å². The fraction of sp³-hybridized carbons (Fsp3) is 0.200. The molecule has 2 N–H and O–H groups in total. The zero-order chi connectivity index (χ0) is 9.68. The topological polar surface area (TPSA) is 73.6 Å². The van der Waals surface area contributed by atoms with Gasteiger partial charge in [-0.15, -0.1) is 0 Å². The highest BCUT2D eigenvalue weighted by Crippen LogP contribution is 2.04. The van der Waals surface area contributed by atoms with Crippen molar-refractivity contribution in [2.24, 2.45) is 5.73 Å². The Morgan fingerprint density at radius 3 is 2.31 bits per heavy atom. The van der Waals surface area contributed by atoms with Gasteiger partial charge in [0.05, 0.1) is 23.7 Å². The van der Waals surface area contributed by atoms with Gasteiger partial charge in [-0.2, -0.15) is 10.5 Å². The van der Waals surface area contributed by atoms with E-state index in [9.17, 15) is 0 Å². The number of hydrogen-bond donors (Lipinski definition) is 1. The molecule has 1 unspecified atom stereocenters. The van der Waals surface area contributed by atoms with Gasteiger partial charge in [-0.3, -0.25) is 0 Å². The summed E-state index contributed by atoms with van der Waals surface area (Å²) in [5, 5.41) is 17.0. The van der Waals surface area contributed by atoms with Crippen LogP contribution in [-0.4, -0.2) is 6.04 Å². The summed E-state index contributed by atoms with van der Waals surface area (Å²) in [5.41, 5.74) is 7.05. The van der Waals surface area contributed by atoms with Crippen LogP contribution in [0.15, 0.2) is 24.3 Å². The molecular formula is C10H9N3. The van der Waals surface area contributed by atoms with Crippen LogP contribution in [0.4, 0.5) is 0 Å². The fourth-order valence-electron chi connectivity index (χ4n) is 1.01. The average Bonchev–Trinajstić information content (AvgIpc) is 2.19. The van der Waals surface area contributed by atoms with Gasteiger partial charge in [-0.05, 0) is 17.7 Å². The van der Waals surface area contributed by atoms with Gasteiger partial charge in [0.1, 0.15) is 0 Å². The third-order valence-corrected chi connectivity index (χ3v) is 1.70. The summed E-state index contributed by atoms with van der Waals surface area (Å²) in [5.74, 6) is 0. The third kappa shape index (κ3) is 2.59. The lowest BCUT2D eigenvalue weighted by Gasteiger charge is -2.01. The smallest absolute Gasteiger partial charge is 0.0991 e. The summed E-state index contributed by atoms with van der Waals surface area (Å²) in [4.78, 5) is 0. The number of nitriles is 2. The van der Waals surface area contributed by atoms with E-state index in [0.717, 1.165) is 5.56 Å². The van der Waals surface area contributed by atoms with E-state index in [1.165, 1.54) is 0 Å². The van der Waals surface area contributed by atoms with E-state index in [4.69, 9.17) is 16.3 Å². The normalized spacial score (nSPS) is 11.3. The van der Waals surface area contributed by atoms with Crippen molar-refractivity contribution < 1.29 is 0 Å². The first-order chi connectivity index (χ1) is 6.26. The third-order valence-electron chi connectivity index (χ3n) is 1.70. The molecule has 0 saturated heterocycles. The van der Waals surface area contributed by atoms with Crippen molar-refractivity contribution in [3.05, 3.63) is 35.4 Å². The minimum Gasteiger partial charge on any atom is -0.316 e. The van der Waals surface area contributed by atoms with Crippen LogP contribution in [0.2, 0.25) is 0 Å². The Morgan fingerprint density at radius 2 is 1.85 bits per heavy atom. The fourth-order valence-corrected chi connectivity index (χ4v) is 1.01. The van der Waals surface area contributed by atoms with Gasteiger partial charge in [0, 0.05) is 6.42 Å². The van der Waals surface area contributed by atoms with Crippen LogP contribution in [0.3, 0.4) is 0 Å². The molecule has 13 heavy (non-hydrogen) atoms. The van der Waals surface area contributed by atoms with E-state index in [1.807, 2.05) is 24.3 Å². The Labute approximate surface area is 77.0 Å². The minimum atomic E-state index is -0.465. The van der Waals surface area contributed by atoms with Crippen LogP contribution >= 0.6 is 0 Å².